The van der Waals surface area contributed by atoms with E-state index in [0.29, 0.717) is 11.2 Å². The van der Waals surface area contributed by atoms with E-state index in [0.717, 1.165) is 24.8 Å². The summed E-state index contributed by atoms with van der Waals surface area (Å²) < 4.78 is 27.8. The van der Waals surface area contributed by atoms with Crippen LogP contribution in [0.5, 0.6) is 0 Å². The Morgan fingerprint density at radius 3 is 2.65 bits per heavy atom. The Morgan fingerprint density at radius 1 is 1.35 bits per heavy atom. The molecule has 1 fully saturated rings. The minimum Gasteiger partial charge on any atom is -0.212 e. The second kappa shape index (κ2) is 6.58. The molecule has 20 heavy (non-hydrogen) atoms. The zero-order chi connectivity index (χ0) is 14.6. The third-order valence-electron chi connectivity index (χ3n) is 3.92. The highest BCUT2D eigenvalue weighted by Crippen LogP contribution is 2.34. The number of hydrogen-bond acceptors (Lipinski definition) is 2. The van der Waals surface area contributed by atoms with Crippen molar-refractivity contribution in [2.45, 2.75) is 43.9 Å². The monoisotopic (exact) mass is 359 g/mol. The average molecular weight is 360 g/mol. The van der Waals surface area contributed by atoms with Crippen molar-refractivity contribution in [2.75, 3.05) is 5.33 Å². The summed E-state index contributed by atoms with van der Waals surface area (Å²) in [5.41, 5.74) is 0.513. The molecule has 5 heteroatoms. The molecule has 2 rings (SSSR count). The van der Waals surface area contributed by atoms with E-state index in [1.165, 1.54) is 6.42 Å². The van der Waals surface area contributed by atoms with Crippen LogP contribution in [-0.2, 0) is 15.8 Å². The van der Waals surface area contributed by atoms with Gasteiger partial charge < -0.3 is 0 Å². The number of rotatable bonds is 5. The van der Waals surface area contributed by atoms with Gasteiger partial charge in [-0.1, -0.05) is 66.0 Å². The molecule has 1 saturated carbocycles. The van der Waals surface area contributed by atoms with E-state index in [1.54, 1.807) is 0 Å². The van der Waals surface area contributed by atoms with Gasteiger partial charge in [0.25, 0.3) is 0 Å². The van der Waals surface area contributed by atoms with Crippen LogP contribution in [0.2, 0.25) is 0 Å². The minimum atomic E-state index is -3.31. The highest BCUT2D eigenvalue weighted by atomic mass is 79.9. The lowest BCUT2D eigenvalue weighted by Gasteiger charge is -2.39. The molecule has 1 aliphatic rings. The maximum Gasteiger partial charge on any atom is 0.216 e. The first-order valence-corrected chi connectivity index (χ1v) is 9.84. The molecule has 0 bridgehead atoms. The highest BCUT2D eigenvalue weighted by molar-refractivity contribution is 9.09. The van der Waals surface area contributed by atoms with Crippen LogP contribution in [0.4, 0.5) is 0 Å². The molecule has 0 heterocycles. The summed E-state index contributed by atoms with van der Waals surface area (Å²) in [6, 6.07) is 9.33. The summed E-state index contributed by atoms with van der Waals surface area (Å²) in [7, 11) is -3.31. The first kappa shape index (κ1) is 16.0. The Labute approximate surface area is 130 Å². The fourth-order valence-electron chi connectivity index (χ4n) is 3.06. The predicted octanol–water partition coefficient (Wildman–Crippen LogP) is 3.45. The van der Waals surface area contributed by atoms with Gasteiger partial charge >= 0.3 is 0 Å². The number of alkyl halides is 1. The predicted molar refractivity (Wildman–Crippen MR) is 86.4 cm³/mol. The first-order valence-electron chi connectivity index (χ1n) is 7.06. The van der Waals surface area contributed by atoms with E-state index in [4.69, 9.17) is 0 Å². The van der Waals surface area contributed by atoms with Gasteiger partial charge in [0, 0.05) is 10.9 Å². The lowest BCUT2D eigenvalue weighted by molar-refractivity contribution is 0.241. The molecule has 2 atom stereocenters. The van der Waals surface area contributed by atoms with E-state index in [9.17, 15) is 8.42 Å². The summed E-state index contributed by atoms with van der Waals surface area (Å²) in [6.45, 7) is 2.20. The molecule has 0 amide bonds. The Kier molecular flexibility index (Phi) is 5.26. The topological polar surface area (TPSA) is 46.2 Å². The van der Waals surface area contributed by atoms with Crippen LogP contribution in [-0.4, -0.2) is 19.3 Å². The molecular weight excluding hydrogens is 338 g/mol. The number of halogens is 1. The molecule has 1 aromatic carbocycles. The van der Waals surface area contributed by atoms with Gasteiger partial charge in [0.05, 0.1) is 5.75 Å². The highest BCUT2D eigenvalue weighted by Gasteiger charge is 2.37. The normalized spacial score (nSPS) is 27.4. The van der Waals surface area contributed by atoms with E-state index in [1.807, 2.05) is 30.3 Å². The van der Waals surface area contributed by atoms with E-state index in [2.05, 4.69) is 27.6 Å². The van der Waals surface area contributed by atoms with Crippen molar-refractivity contribution >= 4 is 26.0 Å². The van der Waals surface area contributed by atoms with Gasteiger partial charge in [-0.2, -0.15) is 0 Å². The maximum absolute atomic E-state index is 12.4. The van der Waals surface area contributed by atoms with Crippen LogP contribution in [0.15, 0.2) is 30.3 Å². The second-order valence-electron chi connectivity index (χ2n) is 5.96. The van der Waals surface area contributed by atoms with Crippen molar-refractivity contribution in [1.82, 2.24) is 4.72 Å². The van der Waals surface area contributed by atoms with Crippen molar-refractivity contribution in [1.29, 1.82) is 0 Å². The Morgan fingerprint density at radius 2 is 2.05 bits per heavy atom. The SMILES string of the molecule is CC1CCCC(CBr)(NS(=O)(=O)Cc2ccccc2)C1. The largest absolute Gasteiger partial charge is 0.216 e. The van der Waals surface area contributed by atoms with Crippen LogP contribution in [0.3, 0.4) is 0 Å². The fourth-order valence-corrected chi connectivity index (χ4v) is 5.52. The fraction of sp³-hybridized carbons (Fsp3) is 0.600. The number of benzene rings is 1. The van der Waals surface area contributed by atoms with Gasteiger partial charge in [-0.05, 0) is 24.3 Å². The summed E-state index contributed by atoms with van der Waals surface area (Å²) in [5, 5.41) is 0.679. The van der Waals surface area contributed by atoms with Crippen LogP contribution in [0, 0.1) is 5.92 Å². The third-order valence-corrected chi connectivity index (χ3v) is 6.45. The first-order chi connectivity index (χ1) is 9.45. The van der Waals surface area contributed by atoms with Gasteiger partial charge in [0.1, 0.15) is 0 Å². The molecule has 0 spiro atoms. The lowest BCUT2D eigenvalue weighted by atomic mass is 9.78. The maximum atomic E-state index is 12.4. The molecule has 112 valence electrons. The molecule has 1 aromatic rings. The molecule has 2 unspecified atom stereocenters. The van der Waals surface area contributed by atoms with Crippen molar-refractivity contribution in [3.63, 3.8) is 0 Å². The van der Waals surface area contributed by atoms with Gasteiger partial charge in [-0.15, -0.1) is 0 Å². The summed E-state index contributed by atoms with van der Waals surface area (Å²) in [5.74, 6) is 0.623. The van der Waals surface area contributed by atoms with Crippen LogP contribution < -0.4 is 4.72 Å². The van der Waals surface area contributed by atoms with E-state index < -0.39 is 10.0 Å². The van der Waals surface area contributed by atoms with Gasteiger partial charge in [-0.25, -0.2) is 13.1 Å². The van der Waals surface area contributed by atoms with Gasteiger partial charge in [0.15, 0.2) is 0 Å². The van der Waals surface area contributed by atoms with E-state index >= 15 is 0 Å². The Balaban J connectivity index is 2.10. The lowest BCUT2D eigenvalue weighted by Crippen LogP contribution is -2.52. The summed E-state index contributed by atoms with van der Waals surface area (Å²) in [6.07, 6.45) is 4.10. The van der Waals surface area contributed by atoms with Crippen LogP contribution in [0.1, 0.15) is 38.2 Å². The van der Waals surface area contributed by atoms with Crippen LogP contribution >= 0.6 is 15.9 Å². The quantitative estimate of drug-likeness (QED) is 0.818. The Hall–Kier alpha value is -0.390. The van der Waals surface area contributed by atoms with Crippen molar-refractivity contribution in [2.24, 2.45) is 5.92 Å². The zero-order valence-electron chi connectivity index (χ0n) is 11.8. The molecule has 0 radical (unpaired) electrons. The standard InChI is InChI=1S/C15H22BrNO2S/c1-13-6-5-9-15(10-13,12-16)17-20(18,19)11-14-7-3-2-4-8-14/h2-4,7-8,13,17H,5-6,9-12H2,1H3. The Bertz CT molecular complexity index is 532. The number of sulfonamides is 1. The van der Waals surface area contributed by atoms with E-state index in [-0.39, 0.29) is 11.3 Å². The van der Waals surface area contributed by atoms with Gasteiger partial charge in [-0.3, -0.25) is 0 Å². The van der Waals surface area contributed by atoms with Crippen molar-refractivity contribution < 1.29 is 8.42 Å². The zero-order valence-corrected chi connectivity index (χ0v) is 14.2. The van der Waals surface area contributed by atoms with Crippen molar-refractivity contribution in [3.05, 3.63) is 35.9 Å². The number of hydrogen-bond donors (Lipinski definition) is 1. The molecular formula is C15H22BrNO2S. The molecule has 0 aromatic heterocycles. The summed E-state index contributed by atoms with van der Waals surface area (Å²) in [4.78, 5) is 0. The minimum absolute atomic E-state index is 0.0526. The third kappa shape index (κ3) is 4.30. The summed E-state index contributed by atoms with van der Waals surface area (Å²) >= 11 is 3.51. The molecule has 1 N–H and O–H groups in total. The van der Waals surface area contributed by atoms with Crippen molar-refractivity contribution in [3.8, 4) is 0 Å². The average Bonchev–Trinajstić information content (AvgIpc) is 2.38. The molecule has 0 aliphatic heterocycles. The molecule has 0 saturated heterocycles. The smallest absolute Gasteiger partial charge is 0.212 e. The van der Waals surface area contributed by atoms with Crippen LogP contribution in [0.25, 0.3) is 0 Å². The number of nitrogens with one attached hydrogen (secondary N) is 1. The van der Waals surface area contributed by atoms with Gasteiger partial charge in [0.2, 0.25) is 10.0 Å². The molecule has 1 aliphatic carbocycles. The molecule has 3 nitrogen and oxygen atoms in total. The second-order valence-corrected chi connectivity index (χ2v) is 8.25.